The molecule has 6 nitrogen and oxygen atoms in total. The van der Waals surface area contributed by atoms with E-state index in [1.54, 1.807) is 10.6 Å². The van der Waals surface area contributed by atoms with E-state index in [4.69, 9.17) is 15.9 Å². The SMILES string of the molecule is Cc1ccc(-c2nc3cc(CN)cc(N)n3n2)o1. The smallest absolute Gasteiger partial charge is 0.217 e. The zero-order valence-corrected chi connectivity index (χ0v) is 9.92. The van der Waals surface area contributed by atoms with Crippen LogP contribution in [0.4, 0.5) is 5.82 Å². The molecule has 0 saturated carbocycles. The van der Waals surface area contributed by atoms with Gasteiger partial charge in [-0.15, -0.1) is 5.10 Å². The zero-order valence-electron chi connectivity index (χ0n) is 9.92. The minimum absolute atomic E-state index is 0.419. The van der Waals surface area contributed by atoms with Gasteiger partial charge in [-0.3, -0.25) is 0 Å². The highest BCUT2D eigenvalue weighted by Gasteiger charge is 2.11. The van der Waals surface area contributed by atoms with Crippen molar-refractivity contribution in [1.29, 1.82) is 0 Å². The molecule has 6 heteroatoms. The molecule has 18 heavy (non-hydrogen) atoms. The van der Waals surface area contributed by atoms with E-state index < -0.39 is 0 Å². The zero-order chi connectivity index (χ0) is 12.7. The highest BCUT2D eigenvalue weighted by Crippen LogP contribution is 2.21. The van der Waals surface area contributed by atoms with E-state index in [1.807, 2.05) is 25.1 Å². The van der Waals surface area contributed by atoms with Crippen molar-refractivity contribution in [3.05, 3.63) is 35.6 Å². The molecule has 0 atom stereocenters. The number of rotatable bonds is 2. The van der Waals surface area contributed by atoms with Crippen LogP contribution in [0.1, 0.15) is 11.3 Å². The largest absolute Gasteiger partial charge is 0.458 e. The summed E-state index contributed by atoms with van der Waals surface area (Å²) in [7, 11) is 0. The van der Waals surface area contributed by atoms with Gasteiger partial charge in [-0.1, -0.05) is 0 Å². The van der Waals surface area contributed by atoms with Crippen molar-refractivity contribution < 1.29 is 4.42 Å². The molecule has 0 bridgehead atoms. The fraction of sp³-hybridized carbons (Fsp3) is 0.167. The van der Waals surface area contributed by atoms with Crippen molar-refractivity contribution in [2.24, 2.45) is 5.73 Å². The van der Waals surface area contributed by atoms with E-state index >= 15 is 0 Å². The first-order valence-corrected chi connectivity index (χ1v) is 5.59. The summed E-state index contributed by atoms with van der Waals surface area (Å²) in [5, 5.41) is 4.32. The number of nitrogens with two attached hydrogens (primary N) is 2. The van der Waals surface area contributed by atoms with E-state index in [9.17, 15) is 0 Å². The van der Waals surface area contributed by atoms with Crippen LogP contribution in [-0.4, -0.2) is 14.6 Å². The maximum absolute atomic E-state index is 5.90. The number of nitrogen functional groups attached to an aromatic ring is 1. The van der Waals surface area contributed by atoms with Gasteiger partial charge in [-0.2, -0.15) is 4.52 Å². The summed E-state index contributed by atoms with van der Waals surface area (Å²) in [4.78, 5) is 4.39. The second-order valence-corrected chi connectivity index (χ2v) is 4.11. The Hall–Kier alpha value is -2.34. The van der Waals surface area contributed by atoms with Crippen LogP contribution < -0.4 is 11.5 Å². The standard InChI is InChI=1S/C12H13N5O/c1-7-2-3-9(18-7)12-15-11-5-8(6-13)4-10(14)17(11)16-12/h2-5H,6,13-14H2,1H3. The summed E-state index contributed by atoms with van der Waals surface area (Å²) in [5.74, 6) is 2.48. The number of aryl methyl sites for hydroxylation is 1. The highest BCUT2D eigenvalue weighted by atomic mass is 16.3. The second-order valence-electron chi connectivity index (χ2n) is 4.11. The number of nitrogens with zero attached hydrogens (tertiary/aromatic N) is 3. The van der Waals surface area contributed by atoms with Crippen molar-refractivity contribution in [3.8, 4) is 11.6 Å². The van der Waals surface area contributed by atoms with Crippen LogP contribution in [-0.2, 0) is 6.54 Å². The van der Waals surface area contributed by atoms with Crippen molar-refractivity contribution in [2.45, 2.75) is 13.5 Å². The van der Waals surface area contributed by atoms with E-state index in [1.165, 1.54) is 0 Å². The third-order valence-corrected chi connectivity index (χ3v) is 2.72. The quantitative estimate of drug-likeness (QED) is 0.708. The number of furan rings is 1. The minimum Gasteiger partial charge on any atom is -0.458 e. The Morgan fingerprint density at radius 2 is 2.17 bits per heavy atom. The minimum atomic E-state index is 0.419. The predicted molar refractivity (Wildman–Crippen MR) is 67.7 cm³/mol. The summed E-state index contributed by atoms with van der Waals surface area (Å²) in [5.41, 5.74) is 13.1. The van der Waals surface area contributed by atoms with Crippen LogP contribution in [0, 0.1) is 6.92 Å². The van der Waals surface area contributed by atoms with E-state index in [0.29, 0.717) is 29.6 Å². The number of fused-ring (bicyclic) bond motifs is 1. The average molecular weight is 243 g/mol. The molecule has 3 aromatic rings. The molecule has 0 amide bonds. The van der Waals surface area contributed by atoms with Gasteiger partial charge in [0, 0.05) is 6.54 Å². The topological polar surface area (TPSA) is 95.4 Å². The second kappa shape index (κ2) is 3.85. The molecule has 3 aromatic heterocycles. The Morgan fingerprint density at radius 1 is 1.33 bits per heavy atom. The molecule has 4 N–H and O–H groups in total. The van der Waals surface area contributed by atoms with E-state index in [2.05, 4.69) is 10.1 Å². The lowest BCUT2D eigenvalue weighted by Gasteiger charge is -2.00. The van der Waals surface area contributed by atoms with Gasteiger partial charge in [0.25, 0.3) is 0 Å². The molecule has 0 saturated heterocycles. The molecule has 3 rings (SSSR count). The van der Waals surface area contributed by atoms with Crippen LogP contribution in [0.25, 0.3) is 17.2 Å². The lowest BCUT2D eigenvalue weighted by Crippen LogP contribution is -2.03. The van der Waals surface area contributed by atoms with Crippen molar-refractivity contribution in [3.63, 3.8) is 0 Å². The number of hydrogen-bond donors (Lipinski definition) is 2. The lowest BCUT2D eigenvalue weighted by molar-refractivity contribution is 0.544. The van der Waals surface area contributed by atoms with Crippen LogP contribution in [0.2, 0.25) is 0 Å². The van der Waals surface area contributed by atoms with Gasteiger partial charge in [0.05, 0.1) is 0 Å². The van der Waals surface area contributed by atoms with E-state index in [-0.39, 0.29) is 0 Å². The Labute approximate surface area is 103 Å². The molecule has 0 fully saturated rings. The van der Waals surface area contributed by atoms with Crippen LogP contribution in [0.5, 0.6) is 0 Å². The molecule has 0 radical (unpaired) electrons. The third-order valence-electron chi connectivity index (χ3n) is 2.72. The maximum Gasteiger partial charge on any atom is 0.217 e. The Kier molecular flexibility index (Phi) is 2.31. The molecular weight excluding hydrogens is 230 g/mol. The van der Waals surface area contributed by atoms with Gasteiger partial charge in [-0.05, 0) is 36.8 Å². The van der Waals surface area contributed by atoms with Crippen LogP contribution in [0.3, 0.4) is 0 Å². The summed E-state index contributed by atoms with van der Waals surface area (Å²) < 4.78 is 7.07. The molecule has 92 valence electrons. The summed E-state index contributed by atoms with van der Waals surface area (Å²) in [6, 6.07) is 7.36. The molecule has 0 unspecified atom stereocenters. The fourth-order valence-corrected chi connectivity index (χ4v) is 1.84. The molecule has 3 heterocycles. The molecule has 0 aliphatic carbocycles. The van der Waals surface area contributed by atoms with Gasteiger partial charge in [0.15, 0.2) is 11.4 Å². The number of anilines is 1. The van der Waals surface area contributed by atoms with Crippen molar-refractivity contribution >= 4 is 11.5 Å². The number of pyridine rings is 1. The monoisotopic (exact) mass is 243 g/mol. The Bertz CT molecular complexity index is 712. The Balaban J connectivity index is 2.19. The third kappa shape index (κ3) is 1.63. The van der Waals surface area contributed by atoms with Crippen molar-refractivity contribution in [1.82, 2.24) is 14.6 Å². The van der Waals surface area contributed by atoms with E-state index in [0.717, 1.165) is 11.3 Å². The molecule has 0 aliphatic heterocycles. The van der Waals surface area contributed by atoms with Gasteiger partial charge in [0.2, 0.25) is 5.82 Å². The first kappa shape index (κ1) is 10.8. The first-order chi connectivity index (χ1) is 8.67. The summed E-state index contributed by atoms with van der Waals surface area (Å²) in [6.07, 6.45) is 0. The van der Waals surface area contributed by atoms with Crippen LogP contribution in [0.15, 0.2) is 28.7 Å². The van der Waals surface area contributed by atoms with Gasteiger partial charge < -0.3 is 15.9 Å². The molecule has 0 aliphatic rings. The van der Waals surface area contributed by atoms with Crippen molar-refractivity contribution in [2.75, 3.05) is 5.73 Å². The first-order valence-electron chi connectivity index (χ1n) is 5.59. The van der Waals surface area contributed by atoms with Gasteiger partial charge in [-0.25, -0.2) is 4.98 Å². The van der Waals surface area contributed by atoms with Gasteiger partial charge >= 0.3 is 0 Å². The van der Waals surface area contributed by atoms with Crippen LogP contribution >= 0.6 is 0 Å². The molecule has 0 spiro atoms. The van der Waals surface area contributed by atoms with Gasteiger partial charge in [0.1, 0.15) is 11.6 Å². The highest BCUT2D eigenvalue weighted by molar-refractivity contribution is 5.57. The Morgan fingerprint density at radius 3 is 2.83 bits per heavy atom. The fourth-order valence-electron chi connectivity index (χ4n) is 1.84. The number of hydrogen-bond acceptors (Lipinski definition) is 5. The predicted octanol–water partition coefficient (Wildman–Crippen LogP) is 1.34. The number of aromatic nitrogens is 3. The lowest BCUT2D eigenvalue weighted by atomic mass is 10.2. The normalized spacial score (nSPS) is 11.2. The molecular formula is C12H13N5O. The maximum atomic E-state index is 5.90. The summed E-state index contributed by atoms with van der Waals surface area (Å²) >= 11 is 0. The molecule has 0 aromatic carbocycles. The summed E-state index contributed by atoms with van der Waals surface area (Å²) in [6.45, 7) is 2.29. The average Bonchev–Trinajstić information content (AvgIpc) is 2.94.